The van der Waals surface area contributed by atoms with Crippen molar-refractivity contribution in [2.75, 3.05) is 40.0 Å². The van der Waals surface area contributed by atoms with Crippen LogP contribution >= 0.6 is 0 Å². The number of aliphatic carboxylic acids is 1. The molecule has 3 fully saturated rings. The predicted molar refractivity (Wildman–Crippen MR) is 149 cm³/mol. The number of nitrogens with zero attached hydrogens (tertiary/aromatic N) is 1. The van der Waals surface area contributed by atoms with Gasteiger partial charge in [-0.05, 0) is 0 Å². The number of carbonyl (C=O) groups is 1. The van der Waals surface area contributed by atoms with Crippen molar-refractivity contribution < 1.29 is 99.7 Å². The van der Waals surface area contributed by atoms with E-state index in [9.17, 15) is 68.0 Å². The number of carboxylic acids is 1. The number of likely N-dealkylation sites (tertiary alicyclic amines) is 1. The quantitative estimate of drug-likeness (QED) is 0.0690. The van der Waals surface area contributed by atoms with Gasteiger partial charge in [-0.25, -0.2) is 8.37 Å². The van der Waals surface area contributed by atoms with Crippen molar-refractivity contribution >= 4 is 47.4 Å². The maximum absolute atomic E-state index is 12.4. The number of hydrogen-bond donors (Lipinski definition) is 10. The fourth-order valence-electron chi connectivity index (χ4n) is 5.96. The molecule has 0 unspecified atom stereocenters. The Morgan fingerprint density at radius 2 is 1.29 bits per heavy atom. The minimum atomic E-state index is -5.18. The zero-order chi connectivity index (χ0) is 36.6. The van der Waals surface area contributed by atoms with Gasteiger partial charge in [0.25, 0.3) is 0 Å². The van der Waals surface area contributed by atoms with Crippen LogP contribution in [0.2, 0.25) is 0 Å². The first-order valence-corrected chi connectivity index (χ1v) is 19.0. The third-order valence-electron chi connectivity index (χ3n) is 7.88. The van der Waals surface area contributed by atoms with Crippen LogP contribution in [0.25, 0.3) is 0 Å². The predicted octanol–water partition coefficient (Wildman–Crippen LogP) is -6.38. The minimum absolute atomic E-state index is 0.445. The summed E-state index contributed by atoms with van der Waals surface area (Å²) in [4.78, 5) is 13.6. The molecule has 25 nitrogen and oxygen atoms in total. The molecular weight excluding hydrogens is 750 g/mol. The van der Waals surface area contributed by atoms with E-state index in [1.807, 2.05) is 0 Å². The molecule has 29 heteroatoms. The Hall–Kier alpha value is -1.33. The number of carboxylic acid groups (broad SMARTS) is 1. The van der Waals surface area contributed by atoms with E-state index in [4.69, 9.17) is 23.3 Å². The highest BCUT2D eigenvalue weighted by Crippen LogP contribution is 2.37. The normalized spacial score (nSPS) is 37.4. The van der Waals surface area contributed by atoms with Crippen molar-refractivity contribution in [3.63, 3.8) is 0 Å². The van der Waals surface area contributed by atoms with Crippen LogP contribution in [0.5, 0.6) is 0 Å². The molecule has 10 N–H and O–H groups in total. The zero-order valence-corrected chi connectivity index (χ0v) is 27.6. The fraction of sp³-hybridized carbons (Fsp3) is 0.947. The molecule has 0 saturated carbocycles. The lowest BCUT2D eigenvalue weighted by Crippen LogP contribution is -2.66. The van der Waals surface area contributed by atoms with Crippen molar-refractivity contribution in [2.45, 2.75) is 55.0 Å². The van der Waals surface area contributed by atoms with Gasteiger partial charge in [-0.1, -0.05) is 0 Å². The summed E-state index contributed by atoms with van der Waals surface area (Å²) in [6.07, 6.45) is -13.0. The van der Waals surface area contributed by atoms with E-state index in [1.54, 1.807) is 9.44 Å². The highest BCUT2D eigenvalue weighted by atomic mass is 32.3. The molecule has 0 aromatic heterocycles. The smallest absolute Gasteiger partial charge is 0.397 e. The maximum atomic E-state index is 12.4. The van der Waals surface area contributed by atoms with Crippen molar-refractivity contribution in [3.05, 3.63) is 0 Å². The first kappa shape index (κ1) is 41.1. The van der Waals surface area contributed by atoms with Crippen molar-refractivity contribution in [2.24, 2.45) is 17.8 Å². The van der Waals surface area contributed by atoms with E-state index >= 15 is 0 Å². The summed E-state index contributed by atoms with van der Waals surface area (Å²) in [5, 5.41) is 42.4. The molecule has 0 radical (unpaired) electrons. The molecule has 12 atom stereocenters. The van der Waals surface area contributed by atoms with Crippen LogP contribution in [-0.2, 0) is 68.8 Å². The monoisotopic (exact) mass is 785 g/mol. The summed E-state index contributed by atoms with van der Waals surface area (Å²) < 4.78 is 156. The first-order chi connectivity index (χ1) is 21.8. The summed E-state index contributed by atoms with van der Waals surface area (Å²) in [6, 6.07) is -3.73. The summed E-state index contributed by atoms with van der Waals surface area (Å²) in [5.41, 5.74) is 0. The van der Waals surface area contributed by atoms with Gasteiger partial charge in [-0.3, -0.25) is 23.0 Å². The Morgan fingerprint density at radius 3 is 1.77 bits per heavy atom. The SMILES string of the molecule is CO[C@H]1O[C@H](COS(=O)(=O)O)[C@@H](CN2C[C@H]([C@H]3O[C@H](COS(=O)(=O)O)[C@@H](O)[C@H](O)[C@H]3NS(=O)(=O)O)[C@@H](C(=O)O)C2)[C@H](O)[C@H]1NS(=O)(=O)O. The number of aliphatic hydroxyl groups is 3. The van der Waals surface area contributed by atoms with Crippen LogP contribution in [0.4, 0.5) is 0 Å². The number of hydrogen-bond acceptors (Lipinski definition) is 18. The van der Waals surface area contributed by atoms with Gasteiger partial charge < -0.3 is 39.5 Å². The molecule has 3 aliphatic heterocycles. The van der Waals surface area contributed by atoms with Crippen LogP contribution in [0.15, 0.2) is 0 Å². The van der Waals surface area contributed by atoms with Crippen LogP contribution in [0.1, 0.15) is 0 Å². The molecule has 0 bridgehead atoms. The van der Waals surface area contributed by atoms with Gasteiger partial charge in [0, 0.05) is 38.6 Å². The Balaban J connectivity index is 1.97. The highest BCUT2D eigenvalue weighted by Gasteiger charge is 2.55. The summed E-state index contributed by atoms with van der Waals surface area (Å²) in [5.74, 6) is -5.91. The minimum Gasteiger partial charge on any atom is -0.481 e. The molecule has 3 heterocycles. The molecule has 0 spiro atoms. The molecule has 0 aromatic rings. The van der Waals surface area contributed by atoms with Crippen molar-refractivity contribution in [3.8, 4) is 0 Å². The van der Waals surface area contributed by atoms with Gasteiger partial charge in [0.05, 0.1) is 43.5 Å². The van der Waals surface area contributed by atoms with E-state index in [0.29, 0.717) is 0 Å². The topological polar surface area (TPSA) is 389 Å². The number of aliphatic hydroxyl groups excluding tert-OH is 3. The van der Waals surface area contributed by atoms with E-state index in [1.165, 1.54) is 4.90 Å². The maximum Gasteiger partial charge on any atom is 0.397 e. The lowest BCUT2D eigenvalue weighted by atomic mass is 9.81. The Bertz CT molecular complexity index is 1570. The van der Waals surface area contributed by atoms with Crippen LogP contribution in [0, 0.1) is 17.8 Å². The van der Waals surface area contributed by atoms with Gasteiger partial charge in [-0.2, -0.15) is 43.1 Å². The van der Waals surface area contributed by atoms with Gasteiger partial charge in [0.2, 0.25) is 0 Å². The Labute approximate surface area is 273 Å². The third-order valence-corrected chi connectivity index (χ3v) is 9.89. The van der Waals surface area contributed by atoms with Crippen molar-refractivity contribution in [1.82, 2.24) is 14.3 Å². The lowest BCUT2D eigenvalue weighted by molar-refractivity contribution is -0.246. The molecule has 48 heavy (non-hydrogen) atoms. The van der Waals surface area contributed by atoms with E-state index in [-0.39, 0.29) is 0 Å². The van der Waals surface area contributed by atoms with Gasteiger partial charge >= 0.3 is 47.4 Å². The second-order valence-electron chi connectivity index (χ2n) is 11.0. The van der Waals surface area contributed by atoms with Crippen LogP contribution in [-0.4, -0.2) is 178 Å². The average molecular weight is 786 g/mol. The second kappa shape index (κ2) is 15.5. The average Bonchev–Trinajstić information content (AvgIpc) is 3.34. The first-order valence-electron chi connectivity index (χ1n) is 13.4. The highest BCUT2D eigenvalue weighted by molar-refractivity contribution is 7.84. The Morgan fingerprint density at radius 1 is 0.771 bits per heavy atom. The second-order valence-corrected chi connectivity index (χ2v) is 15.6. The van der Waals surface area contributed by atoms with E-state index in [0.717, 1.165) is 7.11 Å². The molecule has 0 amide bonds. The molecule has 0 aromatic carbocycles. The van der Waals surface area contributed by atoms with Crippen molar-refractivity contribution in [1.29, 1.82) is 0 Å². The van der Waals surface area contributed by atoms with Gasteiger partial charge in [0.1, 0.15) is 24.4 Å². The van der Waals surface area contributed by atoms with Gasteiger partial charge in [0.15, 0.2) is 6.29 Å². The van der Waals surface area contributed by atoms with E-state index in [2.05, 4.69) is 8.37 Å². The molecule has 282 valence electrons. The van der Waals surface area contributed by atoms with Crippen LogP contribution in [0.3, 0.4) is 0 Å². The molecule has 3 aliphatic rings. The fourth-order valence-corrected chi connectivity index (χ4v) is 7.79. The number of methoxy groups -OCH3 is 1. The van der Waals surface area contributed by atoms with Gasteiger partial charge in [-0.15, -0.1) is 0 Å². The lowest BCUT2D eigenvalue weighted by Gasteiger charge is -2.45. The number of rotatable bonds is 15. The molecule has 3 saturated heterocycles. The zero-order valence-electron chi connectivity index (χ0n) is 24.3. The standard InChI is InChI=1S/C19H35N3O22S4/c1-40-19-13(21-46(31,32)33)14(23)9(10(44-19)5-41-47(34,35)36)4-22-2-7(8(3-22)18(26)27)17-12(20-45(28,29)30)16(25)15(24)11(43-17)6-42-48(37,38)39/h7-17,19-21,23-25H,2-6H2,1H3,(H,26,27)(H,28,29,30)(H,31,32,33)(H,34,35,36)(H,37,38,39)/t7-,8-,9+,10+,11+,12+,13+,14-,15+,16+,17+,19-/m0/s1. The summed E-state index contributed by atoms with van der Waals surface area (Å²) in [7, 11) is -19.4. The van der Waals surface area contributed by atoms with E-state index < -0.39 is 153 Å². The summed E-state index contributed by atoms with van der Waals surface area (Å²) >= 11 is 0. The largest absolute Gasteiger partial charge is 0.481 e. The molecule has 3 rings (SSSR count). The molecular formula is C19H35N3O22S4. The molecule has 0 aliphatic carbocycles. The summed E-state index contributed by atoms with van der Waals surface area (Å²) in [6.45, 7) is -3.55. The Kier molecular flexibility index (Phi) is 13.3. The number of nitrogens with one attached hydrogen (secondary N) is 2. The third kappa shape index (κ3) is 11.3. The number of ether oxygens (including phenoxy) is 3. The van der Waals surface area contributed by atoms with Crippen LogP contribution < -0.4 is 9.44 Å².